The lowest BCUT2D eigenvalue weighted by Gasteiger charge is -2.06. The predicted molar refractivity (Wildman–Crippen MR) is 66.4 cm³/mol. The van der Waals surface area contributed by atoms with E-state index in [9.17, 15) is 14.0 Å². The molecule has 1 aromatic carbocycles. The lowest BCUT2D eigenvalue weighted by Crippen LogP contribution is -2.21. The van der Waals surface area contributed by atoms with Crippen molar-refractivity contribution in [3.63, 3.8) is 0 Å². The number of carboxylic acids is 1. The van der Waals surface area contributed by atoms with Crippen molar-refractivity contribution in [2.24, 2.45) is 0 Å². The number of carbonyl (C=O) groups excluding carboxylic acids is 1. The Hall–Kier alpha value is -2.77. The maximum Gasteiger partial charge on any atom is 0.309 e. The number of nitrogens with one attached hydrogen (secondary N) is 1. The van der Waals surface area contributed by atoms with Crippen LogP contribution >= 0.6 is 0 Å². The fraction of sp³-hybridized carbons (Fsp3) is 0.167. The van der Waals surface area contributed by atoms with E-state index >= 15 is 0 Å². The van der Waals surface area contributed by atoms with E-state index in [0.29, 0.717) is 11.4 Å². The smallest absolute Gasteiger partial charge is 0.309 e. The molecule has 0 unspecified atom stereocenters. The van der Waals surface area contributed by atoms with Crippen LogP contribution in [0.2, 0.25) is 0 Å². The van der Waals surface area contributed by atoms with E-state index in [-0.39, 0.29) is 13.0 Å². The molecule has 1 heterocycles. The minimum atomic E-state index is -1.03. The zero-order valence-electron chi connectivity index (χ0n) is 10.3. The SMILES string of the molecule is O=C(O)Cc1cnnn1CC(=O)Nc1ccc(F)cc1. The van der Waals surface area contributed by atoms with Crippen molar-refractivity contribution in [1.29, 1.82) is 0 Å². The summed E-state index contributed by atoms with van der Waals surface area (Å²) in [5, 5.41) is 18.5. The number of carbonyl (C=O) groups is 2. The summed E-state index contributed by atoms with van der Waals surface area (Å²) in [5.41, 5.74) is 0.767. The topological polar surface area (TPSA) is 97.1 Å². The number of aromatic nitrogens is 3. The fourth-order valence-electron chi connectivity index (χ4n) is 1.57. The Bertz CT molecular complexity index is 624. The Morgan fingerprint density at radius 3 is 2.65 bits per heavy atom. The molecule has 0 saturated carbocycles. The van der Waals surface area contributed by atoms with Crippen molar-refractivity contribution in [3.05, 3.63) is 42.0 Å². The summed E-state index contributed by atoms with van der Waals surface area (Å²) in [4.78, 5) is 22.4. The number of nitrogens with zero attached hydrogens (tertiary/aromatic N) is 3. The van der Waals surface area contributed by atoms with Gasteiger partial charge in [0.15, 0.2) is 0 Å². The number of rotatable bonds is 5. The lowest BCUT2D eigenvalue weighted by atomic mass is 10.3. The molecule has 0 aliphatic heterocycles. The second kappa shape index (κ2) is 5.91. The molecule has 0 fully saturated rings. The number of hydrogen-bond donors (Lipinski definition) is 2. The van der Waals surface area contributed by atoms with Gasteiger partial charge < -0.3 is 10.4 Å². The van der Waals surface area contributed by atoms with Gasteiger partial charge in [0, 0.05) is 5.69 Å². The van der Waals surface area contributed by atoms with Gasteiger partial charge in [-0.3, -0.25) is 9.59 Å². The van der Waals surface area contributed by atoms with Crippen LogP contribution in [0, 0.1) is 5.82 Å². The molecule has 0 atom stereocenters. The third kappa shape index (κ3) is 3.61. The minimum absolute atomic E-state index is 0.167. The second-order valence-corrected chi connectivity index (χ2v) is 4.01. The predicted octanol–water partition coefficient (Wildman–Crippen LogP) is 0.683. The average molecular weight is 278 g/mol. The highest BCUT2D eigenvalue weighted by Gasteiger charge is 2.11. The molecule has 1 aromatic heterocycles. The number of hydrogen-bond acceptors (Lipinski definition) is 4. The number of halogens is 1. The van der Waals surface area contributed by atoms with Crippen LogP contribution in [0.5, 0.6) is 0 Å². The van der Waals surface area contributed by atoms with Crippen molar-refractivity contribution in [1.82, 2.24) is 15.0 Å². The van der Waals surface area contributed by atoms with E-state index in [0.717, 1.165) is 0 Å². The van der Waals surface area contributed by atoms with Crippen LogP contribution in [0.15, 0.2) is 30.5 Å². The lowest BCUT2D eigenvalue weighted by molar-refractivity contribution is -0.136. The van der Waals surface area contributed by atoms with Crippen molar-refractivity contribution >= 4 is 17.6 Å². The Morgan fingerprint density at radius 1 is 1.30 bits per heavy atom. The summed E-state index contributed by atoms with van der Waals surface area (Å²) in [5.74, 6) is -1.84. The molecule has 0 saturated heterocycles. The highest BCUT2D eigenvalue weighted by atomic mass is 19.1. The Labute approximate surface area is 113 Å². The van der Waals surface area contributed by atoms with E-state index in [1.54, 1.807) is 0 Å². The summed E-state index contributed by atoms with van der Waals surface area (Å²) in [7, 11) is 0. The van der Waals surface area contributed by atoms with E-state index in [4.69, 9.17) is 5.11 Å². The standard InChI is InChI=1S/C12H11FN4O3/c13-8-1-3-9(4-2-8)15-11(18)7-17-10(5-12(19)20)6-14-16-17/h1-4,6H,5,7H2,(H,15,18)(H,19,20). The van der Waals surface area contributed by atoms with Gasteiger partial charge in [0.05, 0.1) is 18.3 Å². The van der Waals surface area contributed by atoms with Crippen LogP contribution in [-0.2, 0) is 22.6 Å². The van der Waals surface area contributed by atoms with Crippen molar-refractivity contribution in [2.75, 3.05) is 5.32 Å². The first-order valence-corrected chi connectivity index (χ1v) is 5.69. The second-order valence-electron chi connectivity index (χ2n) is 4.01. The number of aliphatic carboxylic acids is 1. The monoisotopic (exact) mass is 278 g/mol. The molecule has 2 rings (SSSR count). The molecule has 0 spiro atoms. The summed E-state index contributed by atoms with van der Waals surface area (Å²) in [6, 6.07) is 5.29. The van der Waals surface area contributed by atoms with Crippen LogP contribution in [0.3, 0.4) is 0 Å². The number of carboxylic acid groups (broad SMARTS) is 1. The van der Waals surface area contributed by atoms with Gasteiger partial charge >= 0.3 is 5.97 Å². The van der Waals surface area contributed by atoms with Crippen LogP contribution in [-0.4, -0.2) is 32.0 Å². The first-order valence-electron chi connectivity index (χ1n) is 5.69. The Kier molecular flexibility index (Phi) is 4.04. The van der Waals surface area contributed by atoms with Gasteiger partial charge in [-0.1, -0.05) is 5.21 Å². The quantitative estimate of drug-likeness (QED) is 0.838. The summed E-state index contributed by atoms with van der Waals surface area (Å²) >= 11 is 0. The van der Waals surface area contributed by atoms with Gasteiger partial charge in [0.25, 0.3) is 0 Å². The molecular formula is C12H11FN4O3. The van der Waals surface area contributed by atoms with E-state index in [1.807, 2.05) is 0 Å². The molecule has 104 valence electrons. The fourth-order valence-corrected chi connectivity index (χ4v) is 1.57. The summed E-state index contributed by atoms with van der Waals surface area (Å²) < 4.78 is 13.9. The van der Waals surface area contributed by atoms with Crippen LogP contribution in [0.4, 0.5) is 10.1 Å². The van der Waals surface area contributed by atoms with E-state index in [2.05, 4.69) is 15.6 Å². The molecule has 0 bridgehead atoms. The molecular weight excluding hydrogens is 267 g/mol. The normalized spacial score (nSPS) is 10.2. The molecule has 20 heavy (non-hydrogen) atoms. The number of amides is 1. The van der Waals surface area contributed by atoms with Crippen LogP contribution < -0.4 is 5.32 Å². The molecule has 7 nitrogen and oxygen atoms in total. The van der Waals surface area contributed by atoms with Crippen molar-refractivity contribution in [3.8, 4) is 0 Å². The molecule has 8 heteroatoms. The zero-order valence-corrected chi connectivity index (χ0v) is 10.3. The zero-order chi connectivity index (χ0) is 14.5. The van der Waals surface area contributed by atoms with Crippen molar-refractivity contribution < 1.29 is 19.1 Å². The summed E-state index contributed by atoms with van der Waals surface area (Å²) in [6.07, 6.45) is 1.02. The maximum absolute atomic E-state index is 12.7. The van der Waals surface area contributed by atoms with Crippen molar-refractivity contribution in [2.45, 2.75) is 13.0 Å². The van der Waals surface area contributed by atoms with Gasteiger partial charge in [0.2, 0.25) is 5.91 Å². The van der Waals surface area contributed by atoms with Crippen LogP contribution in [0.25, 0.3) is 0 Å². The molecule has 0 aliphatic carbocycles. The van der Waals surface area contributed by atoms with E-state index in [1.165, 1.54) is 35.1 Å². The van der Waals surface area contributed by atoms with E-state index < -0.39 is 17.7 Å². The molecule has 2 aromatic rings. The molecule has 0 radical (unpaired) electrons. The first-order chi connectivity index (χ1) is 9.54. The Balaban J connectivity index is 1.99. The van der Waals surface area contributed by atoms with Gasteiger partial charge in [-0.05, 0) is 24.3 Å². The number of benzene rings is 1. The highest BCUT2D eigenvalue weighted by molar-refractivity contribution is 5.90. The molecule has 0 aliphatic rings. The van der Waals surface area contributed by atoms with Gasteiger partial charge in [-0.2, -0.15) is 0 Å². The summed E-state index contributed by atoms with van der Waals surface area (Å²) in [6.45, 7) is -0.167. The Morgan fingerprint density at radius 2 is 2.00 bits per heavy atom. The minimum Gasteiger partial charge on any atom is -0.481 e. The third-order valence-electron chi connectivity index (χ3n) is 2.45. The molecule has 2 N–H and O–H groups in total. The molecule has 1 amide bonds. The van der Waals surface area contributed by atoms with Crippen LogP contribution in [0.1, 0.15) is 5.69 Å². The third-order valence-corrected chi connectivity index (χ3v) is 2.45. The largest absolute Gasteiger partial charge is 0.481 e. The van der Waals surface area contributed by atoms with Gasteiger partial charge in [-0.15, -0.1) is 5.10 Å². The van der Waals surface area contributed by atoms with Gasteiger partial charge in [-0.25, -0.2) is 9.07 Å². The highest BCUT2D eigenvalue weighted by Crippen LogP contribution is 2.08. The maximum atomic E-state index is 12.7. The number of anilines is 1. The first kappa shape index (κ1) is 13.7. The van der Waals surface area contributed by atoms with Gasteiger partial charge in [0.1, 0.15) is 12.4 Å². The average Bonchev–Trinajstić information content (AvgIpc) is 2.78.